The van der Waals surface area contributed by atoms with Gasteiger partial charge in [0.2, 0.25) is 5.91 Å². The zero-order chi connectivity index (χ0) is 19.8. The normalized spacial score (nSPS) is 18.7. The minimum absolute atomic E-state index is 0.00599. The summed E-state index contributed by atoms with van der Waals surface area (Å²) < 4.78 is 34.3. The van der Waals surface area contributed by atoms with Crippen LogP contribution in [-0.2, 0) is 14.8 Å². The molecule has 0 heterocycles. The number of nitrogens with one attached hydrogen (secondary N) is 2. The Morgan fingerprint density at radius 2 is 1.93 bits per heavy atom. The third-order valence-electron chi connectivity index (χ3n) is 4.53. The first-order valence-electron chi connectivity index (χ1n) is 8.49. The predicted molar refractivity (Wildman–Crippen MR) is 109 cm³/mol. The number of carbonyl (C=O) groups excluding carboxylic acids is 1. The topological polar surface area (TPSA) is 84.5 Å². The smallest absolute Gasteiger partial charge is 0.265 e. The van der Waals surface area contributed by atoms with E-state index in [-0.39, 0.29) is 22.5 Å². The molecule has 6 nitrogen and oxygen atoms in total. The van der Waals surface area contributed by atoms with Gasteiger partial charge in [0.05, 0.1) is 12.8 Å². The number of hydrogen-bond acceptors (Lipinski definition) is 4. The summed E-state index contributed by atoms with van der Waals surface area (Å²) in [5, 5.41) is 2.79. The van der Waals surface area contributed by atoms with E-state index in [0.29, 0.717) is 21.8 Å². The molecule has 2 aromatic rings. The van der Waals surface area contributed by atoms with Crippen molar-refractivity contribution < 1.29 is 17.9 Å². The SMILES string of the molecule is COc1ccc(NC(=O)C2CC2C)cc1S(=O)(=O)Nc1cc(C)ccc1Br. The second-order valence-corrected chi connectivity index (χ2v) is 9.27. The number of ether oxygens (including phenoxy) is 1. The minimum atomic E-state index is -3.93. The number of carbonyl (C=O) groups is 1. The molecule has 0 radical (unpaired) electrons. The fourth-order valence-electron chi connectivity index (χ4n) is 2.80. The van der Waals surface area contributed by atoms with Crippen LogP contribution in [0.2, 0.25) is 0 Å². The monoisotopic (exact) mass is 452 g/mol. The Balaban J connectivity index is 1.91. The van der Waals surface area contributed by atoms with Crippen molar-refractivity contribution in [3.63, 3.8) is 0 Å². The number of halogens is 1. The van der Waals surface area contributed by atoms with Crippen LogP contribution >= 0.6 is 15.9 Å². The van der Waals surface area contributed by atoms with Crippen molar-refractivity contribution in [1.82, 2.24) is 0 Å². The molecule has 27 heavy (non-hydrogen) atoms. The van der Waals surface area contributed by atoms with Gasteiger partial charge in [-0.05, 0) is 71.1 Å². The average Bonchev–Trinajstić information content (AvgIpc) is 3.35. The highest BCUT2D eigenvalue weighted by molar-refractivity contribution is 9.10. The molecule has 2 unspecified atom stereocenters. The molecule has 1 saturated carbocycles. The number of rotatable bonds is 6. The Morgan fingerprint density at radius 1 is 1.22 bits per heavy atom. The van der Waals surface area contributed by atoms with E-state index in [2.05, 4.69) is 26.0 Å². The minimum Gasteiger partial charge on any atom is -0.495 e. The molecule has 0 spiro atoms. The van der Waals surface area contributed by atoms with Crippen LogP contribution in [0.3, 0.4) is 0 Å². The lowest BCUT2D eigenvalue weighted by Gasteiger charge is -2.15. The average molecular weight is 453 g/mol. The van der Waals surface area contributed by atoms with Crippen LogP contribution in [-0.4, -0.2) is 21.4 Å². The number of amides is 1. The fourth-order valence-corrected chi connectivity index (χ4v) is 4.55. The molecule has 0 saturated heterocycles. The lowest BCUT2D eigenvalue weighted by atomic mass is 10.2. The number of sulfonamides is 1. The summed E-state index contributed by atoms with van der Waals surface area (Å²) in [6.07, 6.45) is 0.857. The Morgan fingerprint density at radius 3 is 2.56 bits per heavy atom. The van der Waals surface area contributed by atoms with E-state index in [9.17, 15) is 13.2 Å². The highest BCUT2D eigenvalue weighted by atomic mass is 79.9. The summed E-state index contributed by atoms with van der Waals surface area (Å²) in [5.41, 5.74) is 1.77. The van der Waals surface area contributed by atoms with E-state index < -0.39 is 10.0 Å². The van der Waals surface area contributed by atoms with Gasteiger partial charge in [0.25, 0.3) is 10.0 Å². The van der Waals surface area contributed by atoms with Gasteiger partial charge in [0.1, 0.15) is 10.6 Å². The first-order valence-corrected chi connectivity index (χ1v) is 10.8. The Bertz CT molecular complexity index is 991. The predicted octanol–water partition coefficient (Wildman–Crippen LogP) is 4.16. The zero-order valence-electron chi connectivity index (χ0n) is 15.2. The van der Waals surface area contributed by atoms with Gasteiger partial charge < -0.3 is 10.1 Å². The number of benzene rings is 2. The number of hydrogen-bond donors (Lipinski definition) is 2. The van der Waals surface area contributed by atoms with Crippen molar-refractivity contribution in [3.05, 3.63) is 46.4 Å². The van der Waals surface area contributed by atoms with Crippen LogP contribution in [0.5, 0.6) is 5.75 Å². The molecule has 2 N–H and O–H groups in total. The van der Waals surface area contributed by atoms with Crippen molar-refractivity contribution >= 4 is 43.2 Å². The first-order chi connectivity index (χ1) is 12.7. The molecular formula is C19H21BrN2O4S. The van der Waals surface area contributed by atoms with Gasteiger partial charge in [-0.2, -0.15) is 0 Å². The summed E-state index contributed by atoms with van der Waals surface area (Å²) in [5.74, 6) is 0.467. The summed E-state index contributed by atoms with van der Waals surface area (Å²) in [6.45, 7) is 3.89. The van der Waals surface area contributed by atoms with Crippen molar-refractivity contribution in [3.8, 4) is 5.75 Å². The summed E-state index contributed by atoms with van der Waals surface area (Å²) in [7, 11) is -2.52. The van der Waals surface area contributed by atoms with E-state index >= 15 is 0 Å². The van der Waals surface area contributed by atoms with Crippen LogP contribution < -0.4 is 14.8 Å². The molecular weight excluding hydrogens is 432 g/mol. The maximum absolute atomic E-state index is 13.0. The van der Waals surface area contributed by atoms with Gasteiger partial charge in [-0.1, -0.05) is 13.0 Å². The van der Waals surface area contributed by atoms with E-state index in [4.69, 9.17) is 4.74 Å². The molecule has 1 amide bonds. The Kier molecular flexibility index (Phi) is 5.48. The van der Waals surface area contributed by atoms with Gasteiger partial charge in [-0.25, -0.2) is 8.42 Å². The molecule has 1 fully saturated rings. The van der Waals surface area contributed by atoms with Gasteiger partial charge >= 0.3 is 0 Å². The molecule has 0 aliphatic heterocycles. The van der Waals surface area contributed by atoms with E-state index in [1.807, 2.05) is 19.9 Å². The van der Waals surface area contributed by atoms with Gasteiger partial charge in [-0.3, -0.25) is 9.52 Å². The second-order valence-electron chi connectivity index (χ2n) is 6.76. The van der Waals surface area contributed by atoms with Crippen molar-refractivity contribution in [2.24, 2.45) is 11.8 Å². The van der Waals surface area contributed by atoms with Crippen LogP contribution in [0.1, 0.15) is 18.9 Å². The lowest BCUT2D eigenvalue weighted by molar-refractivity contribution is -0.117. The molecule has 8 heteroatoms. The van der Waals surface area contributed by atoms with Crippen molar-refractivity contribution in [2.45, 2.75) is 25.2 Å². The van der Waals surface area contributed by atoms with E-state index in [1.54, 1.807) is 18.2 Å². The highest BCUT2D eigenvalue weighted by Gasteiger charge is 2.39. The summed E-state index contributed by atoms with van der Waals surface area (Å²) in [4.78, 5) is 12.1. The van der Waals surface area contributed by atoms with E-state index in [1.165, 1.54) is 19.2 Å². The standard InChI is InChI=1S/C19H21BrN2O4S/c1-11-4-6-15(20)16(8-11)22-27(24,25)18-10-13(5-7-17(18)26-3)21-19(23)14-9-12(14)2/h4-8,10,12,14,22H,9H2,1-3H3,(H,21,23). The van der Waals surface area contributed by atoms with Crippen LogP contribution in [0.4, 0.5) is 11.4 Å². The van der Waals surface area contributed by atoms with Crippen molar-refractivity contribution in [2.75, 3.05) is 17.1 Å². The molecule has 0 bridgehead atoms. The van der Waals surface area contributed by atoms with E-state index in [0.717, 1.165) is 12.0 Å². The fraction of sp³-hybridized carbons (Fsp3) is 0.316. The van der Waals surface area contributed by atoms with Gasteiger partial charge in [0.15, 0.2) is 0 Å². The molecule has 2 aromatic carbocycles. The molecule has 1 aliphatic carbocycles. The zero-order valence-corrected chi connectivity index (χ0v) is 17.6. The summed E-state index contributed by atoms with van der Waals surface area (Å²) in [6, 6.07) is 9.95. The largest absolute Gasteiger partial charge is 0.495 e. The molecule has 2 atom stereocenters. The van der Waals surface area contributed by atoms with Crippen LogP contribution in [0.15, 0.2) is 45.8 Å². The third-order valence-corrected chi connectivity index (χ3v) is 6.61. The Hall–Kier alpha value is -2.06. The Labute approximate surface area is 167 Å². The second kappa shape index (κ2) is 7.52. The third kappa shape index (κ3) is 4.44. The molecule has 0 aromatic heterocycles. The van der Waals surface area contributed by atoms with Crippen LogP contribution in [0, 0.1) is 18.8 Å². The molecule has 3 rings (SSSR count). The van der Waals surface area contributed by atoms with Gasteiger partial charge in [-0.15, -0.1) is 0 Å². The highest BCUT2D eigenvalue weighted by Crippen LogP contribution is 2.39. The van der Waals surface area contributed by atoms with Crippen LogP contribution in [0.25, 0.3) is 0 Å². The lowest BCUT2D eigenvalue weighted by Crippen LogP contribution is -2.17. The number of aryl methyl sites for hydroxylation is 1. The summed E-state index contributed by atoms with van der Waals surface area (Å²) >= 11 is 3.35. The first kappa shape index (κ1) is 19.7. The number of anilines is 2. The van der Waals surface area contributed by atoms with Gasteiger partial charge in [0, 0.05) is 16.1 Å². The number of methoxy groups -OCH3 is 1. The van der Waals surface area contributed by atoms with Crippen molar-refractivity contribution in [1.29, 1.82) is 0 Å². The maximum Gasteiger partial charge on any atom is 0.265 e. The molecule has 144 valence electrons. The molecule has 1 aliphatic rings. The quantitative estimate of drug-likeness (QED) is 0.688. The maximum atomic E-state index is 13.0.